The first-order valence-corrected chi connectivity index (χ1v) is 10.5. The third-order valence-electron chi connectivity index (χ3n) is 4.31. The van der Waals surface area contributed by atoms with Gasteiger partial charge < -0.3 is 5.32 Å². The van der Waals surface area contributed by atoms with Crippen molar-refractivity contribution in [3.05, 3.63) is 84.1 Å². The van der Waals surface area contributed by atoms with Gasteiger partial charge in [-0.05, 0) is 42.5 Å². The second-order valence-electron chi connectivity index (χ2n) is 6.28. The van der Waals surface area contributed by atoms with E-state index in [9.17, 15) is 4.79 Å². The summed E-state index contributed by atoms with van der Waals surface area (Å²) in [6.45, 7) is 0. The van der Waals surface area contributed by atoms with Gasteiger partial charge >= 0.3 is 0 Å². The minimum absolute atomic E-state index is 0.136. The van der Waals surface area contributed by atoms with Gasteiger partial charge in [0, 0.05) is 29.8 Å². The number of carbonyl (C=O) groups is 1. The summed E-state index contributed by atoms with van der Waals surface area (Å²) in [5, 5.41) is 3.88. The van der Waals surface area contributed by atoms with Crippen LogP contribution in [0.4, 0.5) is 5.69 Å². The van der Waals surface area contributed by atoms with E-state index < -0.39 is 0 Å². The number of thiophene rings is 1. The number of nitrogens with one attached hydrogen (secondary N) is 1. The van der Waals surface area contributed by atoms with Crippen LogP contribution in [0.5, 0.6) is 0 Å². The molecular weight excluding hydrogens is 400 g/mol. The second-order valence-corrected chi connectivity index (χ2v) is 8.39. The van der Waals surface area contributed by atoms with E-state index in [0.29, 0.717) is 4.88 Å². The average Bonchev–Trinajstić information content (AvgIpc) is 3.42. The molecule has 0 bridgehead atoms. The van der Waals surface area contributed by atoms with Gasteiger partial charge in [0.2, 0.25) is 0 Å². The SMILES string of the molecule is O=C(Nc1cccc(-c2nc3ccncc3s2)c1)c1ccc(-c2ccccn2)s1. The minimum atomic E-state index is -0.136. The lowest BCUT2D eigenvalue weighted by molar-refractivity contribution is 0.103. The van der Waals surface area contributed by atoms with E-state index >= 15 is 0 Å². The molecule has 0 spiro atoms. The minimum Gasteiger partial charge on any atom is -0.321 e. The molecule has 4 aromatic heterocycles. The zero-order valence-electron chi connectivity index (χ0n) is 15.1. The molecule has 7 heteroatoms. The summed E-state index contributed by atoms with van der Waals surface area (Å²) in [6, 6.07) is 19.1. The van der Waals surface area contributed by atoms with E-state index in [1.54, 1.807) is 23.7 Å². The number of thiazole rings is 1. The van der Waals surface area contributed by atoms with Gasteiger partial charge in [-0.25, -0.2) is 4.98 Å². The number of benzene rings is 1. The van der Waals surface area contributed by atoms with Crippen molar-refractivity contribution in [3.63, 3.8) is 0 Å². The lowest BCUT2D eigenvalue weighted by atomic mass is 10.2. The Morgan fingerprint density at radius 3 is 2.76 bits per heavy atom. The molecule has 1 aromatic carbocycles. The van der Waals surface area contributed by atoms with E-state index in [1.807, 2.05) is 66.9 Å². The van der Waals surface area contributed by atoms with E-state index in [1.165, 1.54) is 11.3 Å². The van der Waals surface area contributed by atoms with Gasteiger partial charge in [0.15, 0.2) is 0 Å². The number of pyridine rings is 2. The number of aromatic nitrogens is 3. The second kappa shape index (κ2) is 7.54. The predicted molar refractivity (Wildman–Crippen MR) is 118 cm³/mol. The van der Waals surface area contributed by atoms with Crippen LogP contribution in [-0.2, 0) is 0 Å². The molecule has 5 rings (SSSR count). The highest BCUT2D eigenvalue weighted by atomic mass is 32.1. The molecule has 1 amide bonds. The smallest absolute Gasteiger partial charge is 0.265 e. The summed E-state index contributed by atoms with van der Waals surface area (Å²) in [7, 11) is 0. The zero-order valence-corrected chi connectivity index (χ0v) is 16.7. The standard InChI is InChI=1S/C22H14N4OS2/c27-21(19-8-7-18(28-19)16-6-1-2-10-24-16)25-15-5-3-4-14(12-15)22-26-17-9-11-23-13-20(17)29-22/h1-13H,(H,25,27). The maximum atomic E-state index is 12.7. The summed E-state index contributed by atoms with van der Waals surface area (Å²) < 4.78 is 1.04. The molecule has 0 aliphatic rings. The number of amides is 1. The normalized spacial score (nSPS) is 10.9. The van der Waals surface area contributed by atoms with Crippen LogP contribution in [0.25, 0.3) is 31.4 Å². The highest BCUT2D eigenvalue weighted by Gasteiger charge is 2.12. The van der Waals surface area contributed by atoms with Gasteiger partial charge in [-0.1, -0.05) is 18.2 Å². The number of carbonyl (C=O) groups excluding carboxylic acids is 1. The molecule has 0 radical (unpaired) electrons. The summed E-state index contributed by atoms with van der Waals surface area (Å²) in [6.07, 6.45) is 5.30. The fourth-order valence-electron chi connectivity index (χ4n) is 2.93. The predicted octanol–water partition coefficient (Wildman–Crippen LogP) is 5.73. The first kappa shape index (κ1) is 17.7. The quantitative estimate of drug-likeness (QED) is 0.407. The van der Waals surface area contributed by atoms with Crippen molar-refractivity contribution in [3.8, 4) is 21.1 Å². The Hall–Kier alpha value is -3.42. The molecule has 29 heavy (non-hydrogen) atoms. The number of anilines is 1. The van der Waals surface area contributed by atoms with Crippen molar-refractivity contribution in [2.24, 2.45) is 0 Å². The Morgan fingerprint density at radius 1 is 0.931 bits per heavy atom. The van der Waals surface area contributed by atoms with Crippen LogP contribution in [0.15, 0.2) is 79.3 Å². The highest BCUT2D eigenvalue weighted by Crippen LogP contribution is 2.31. The molecule has 5 aromatic rings. The molecule has 0 saturated heterocycles. The maximum absolute atomic E-state index is 12.7. The third kappa shape index (κ3) is 3.65. The molecule has 0 aliphatic carbocycles. The van der Waals surface area contributed by atoms with Crippen LogP contribution in [0.1, 0.15) is 9.67 Å². The van der Waals surface area contributed by atoms with Crippen molar-refractivity contribution in [2.45, 2.75) is 0 Å². The summed E-state index contributed by atoms with van der Waals surface area (Å²) >= 11 is 3.01. The van der Waals surface area contributed by atoms with E-state index in [4.69, 9.17) is 0 Å². The number of hydrogen-bond donors (Lipinski definition) is 1. The van der Waals surface area contributed by atoms with Crippen molar-refractivity contribution in [1.82, 2.24) is 15.0 Å². The lowest BCUT2D eigenvalue weighted by Crippen LogP contribution is -2.09. The number of fused-ring (bicyclic) bond motifs is 1. The Balaban J connectivity index is 1.38. The molecule has 5 nitrogen and oxygen atoms in total. The van der Waals surface area contributed by atoms with Crippen molar-refractivity contribution >= 4 is 44.5 Å². The van der Waals surface area contributed by atoms with Gasteiger partial charge in [0.25, 0.3) is 5.91 Å². The van der Waals surface area contributed by atoms with Crippen LogP contribution in [0.2, 0.25) is 0 Å². The van der Waals surface area contributed by atoms with Gasteiger partial charge in [-0.2, -0.15) is 0 Å². The lowest BCUT2D eigenvalue weighted by Gasteiger charge is -2.05. The molecule has 140 valence electrons. The van der Waals surface area contributed by atoms with Crippen molar-refractivity contribution < 1.29 is 4.79 Å². The maximum Gasteiger partial charge on any atom is 0.265 e. The van der Waals surface area contributed by atoms with Gasteiger partial charge in [0.05, 0.1) is 25.7 Å². The number of nitrogens with zero attached hydrogens (tertiary/aromatic N) is 3. The zero-order chi connectivity index (χ0) is 19.6. The fraction of sp³-hybridized carbons (Fsp3) is 0. The Labute approximate surface area is 174 Å². The van der Waals surface area contributed by atoms with E-state index in [0.717, 1.165) is 37.0 Å². The van der Waals surface area contributed by atoms with Crippen molar-refractivity contribution in [2.75, 3.05) is 5.32 Å². The van der Waals surface area contributed by atoms with Crippen molar-refractivity contribution in [1.29, 1.82) is 0 Å². The number of hydrogen-bond acceptors (Lipinski definition) is 6. The molecule has 1 N–H and O–H groups in total. The molecule has 4 heterocycles. The fourth-order valence-corrected chi connectivity index (χ4v) is 4.74. The van der Waals surface area contributed by atoms with Crippen LogP contribution in [-0.4, -0.2) is 20.9 Å². The van der Waals surface area contributed by atoms with Gasteiger partial charge in [0.1, 0.15) is 5.01 Å². The van der Waals surface area contributed by atoms with Crippen LogP contribution >= 0.6 is 22.7 Å². The Bertz CT molecular complexity index is 1280. The van der Waals surface area contributed by atoms with Gasteiger partial charge in [-0.3, -0.25) is 14.8 Å². The topological polar surface area (TPSA) is 67.8 Å². The Morgan fingerprint density at radius 2 is 1.90 bits per heavy atom. The molecule has 0 atom stereocenters. The Kier molecular flexibility index (Phi) is 4.59. The molecule has 0 aliphatic heterocycles. The van der Waals surface area contributed by atoms with Gasteiger partial charge in [-0.15, -0.1) is 22.7 Å². The van der Waals surface area contributed by atoms with Crippen LogP contribution < -0.4 is 5.32 Å². The molecular formula is C22H14N4OS2. The summed E-state index contributed by atoms with van der Waals surface area (Å²) in [4.78, 5) is 27.5. The summed E-state index contributed by atoms with van der Waals surface area (Å²) in [5.41, 5.74) is 3.49. The molecule has 0 saturated carbocycles. The highest BCUT2D eigenvalue weighted by molar-refractivity contribution is 7.21. The third-order valence-corrected chi connectivity index (χ3v) is 6.47. The first-order valence-electron chi connectivity index (χ1n) is 8.90. The molecule has 0 unspecified atom stereocenters. The van der Waals surface area contributed by atoms with Crippen LogP contribution in [0, 0.1) is 0 Å². The van der Waals surface area contributed by atoms with E-state index in [-0.39, 0.29) is 5.91 Å². The monoisotopic (exact) mass is 414 g/mol. The largest absolute Gasteiger partial charge is 0.321 e. The average molecular weight is 415 g/mol. The summed E-state index contributed by atoms with van der Waals surface area (Å²) in [5.74, 6) is -0.136. The first-order chi connectivity index (χ1) is 14.3. The molecule has 0 fully saturated rings. The van der Waals surface area contributed by atoms with E-state index in [2.05, 4.69) is 20.3 Å². The number of rotatable bonds is 4. The van der Waals surface area contributed by atoms with Crippen LogP contribution in [0.3, 0.4) is 0 Å².